The Balaban J connectivity index is 1.26. The third-order valence-corrected chi connectivity index (χ3v) is 15.7. The van der Waals surface area contributed by atoms with Crippen LogP contribution in [0.25, 0.3) is 0 Å². The van der Waals surface area contributed by atoms with Gasteiger partial charge in [-0.05, 0) is 107 Å². The van der Waals surface area contributed by atoms with Gasteiger partial charge in [0, 0.05) is 63.7 Å². The van der Waals surface area contributed by atoms with E-state index < -0.39 is 104 Å². The maximum Gasteiger partial charge on any atom is 0.338 e. The van der Waals surface area contributed by atoms with E-state index in [-0.39, 0.29) is 78.1 Å². The topological polar surface area (TPSA) is 272 Å². The standard InChI is InChI=1S/C55H68N2O19S/c1-34-27-40(13-12-26-70-53(61)54(3,4)5)72-45(34)25-24-41-30-55(6,76-49(58)32-68-7)35(2)46(73-41)29-47-44(33-77(66,67)43-14-10-9-11-15-43)50(69-8)48(75-47)28-42(74-52(60)37-18-22-39(23-19-37)57(64)65)31-71-51(59)36-16-20-38(21-17-36)56(62)63/h9-11,14-23,40-42,44-48,50H,1-2,12-13,24-33H2,3-8H3/t40-,41-,42-,44-,45-,46+,47-,48+,50+,55+/m0/s1. The quantitative estimate of drug-likeness (QED) is 0.0194. The first-order valence-electron chi connectivity index (χ1n) is 25.3. The number of hydrogen-bond acceptors (Lipinski definition) is 19. The van der Waals surface area contributed by atoms with Crippen LogP contribution in [0.2, 0.25) is 0 Å². The average Bonchev–Trinajstić information content (AvgIpc) is 3.91. The number of rotatable bonds is 25. The molecule has 77 heavy (non-hydrogen) atoms. The van der Waals surface area contributed by atoms with Crippen molar-refractivity contribution in [1.82, 2.24) is 0 Å². The van der Waals surface area contributed by atoms with Crippen molar-refractivity contribution < 1.29 is 80.1 Å². The highest BCUT2D eigenvalue weighted by atomic mass is 32.2. The molecule has 22 heteroatoms. The van der Waals surface area contributed by atoms with E-state index in [9.17, 15) is 47.8 Å². The number of methoxy groups -OCH3 is 2. The number of nitro groups is 2. The van der Waals surface area contributed by atoms with E-state index in [1.54, 1.807) is 45.9 Å². The summed E-state index contributed by atoms with van der Waals surface area (Å²) in [4.78, 5) is 73.8. The third-order valence-electron chi connectivity index (χ3n) is 13.9. The van der Waals surface area contributed by atoms with Crippen molar-refractivity contribution >= 4 is 45.1 Å². The smallest absolute Gasteiger partial charge is 0.338 e. The normalized spacial score (nSPS) is 24.9. The largest absolute Gasteiger partial charge is 0.465 e. The molecule has 0 N–H and O–H groups in total. The Morgan fingerprint density at radius 3 is 1.99 bits per heavy atom. The molecule has 21 nitrogen and oxygen atoms in total. The molecular formula is C55H68N2O19S. The Kier molecular flexibility index (Phi) is 20.4. The van der Waals surface area contributed by atoms with Gasteiger partial charge in [-0.3, -0.25) is 25.0 Å². The van der Waals surface area contributed by atoms with Gasteiger partial charge in [-0.2, -0.15) is 0 Å². The second kappa shape index (κ2) is 26.3. The van der Waals surface area contributed by atoms with Gasteiger partial charge in [-0.25, -0.2) is 22.8 Å². The van der Waals surface area contributed by atoms with Crippen molar-refractivity contribution in [3.05, 3.63) is 135 Å². The van der Waals surface area contributed by atoms with Crippen molar-refractivity contribution in [3.8, 4) is 0 Å². The van der Waals surface area contributed by atoms with Crippen molar-refractivity contribution in [1.29, 1.82) is 0 Å². The molecule has 0 aliphatic carbocycles. The van der Waals surface area contributed by atoms with Crippen LogP contribution in [0.15, 0.2) is 108 Å². The molecular weight excluding hydrogens is 1020 g/mol. The molecule has 3 fully saturated rings. The Hall–Kier alpha value is -6.43. The summed E-state index contributed by atoms with van der Waals surface area (Å²) in [5, 5.41) is 22.6. The molecule has 418 valence electrons. The van der Waals surface area contributed by atoms with E-state index in [4.69, 9.17) is 42.6 Å². The number of carbonyl (C=O) groups excluding carboxylic acids is 4. The predicted molar refractivity (Wildman–Crippen MR) is 276 cm³/mol. The number of ether oxygens (including phenoxy) is 9. The van der Waals surface area contributed by atoms with E-state index in [0.717, 1.165) is 29.8 Å². The number of hydrogen-bond donors (Lipinski definition) is 0. The highest BCUT2D eigenvalue weighted by molar-refractivity contribution is 7.91. The molecule has 3 aliphatic rings. The van der Waals surface area contributed by atoms with Gasteiger partial charge in [0.2, 0.25) is 0 Å². The molecule has 3 aromatic carbocycles. The first-order chi connectivity index (χ1) is 36.4. The summed E-state index contributed by atoms with van der Waals surface area (Å²) >= 11 is 0. The van der Waals surface area contributed by atoms with Gasteiger partial charge in [0.05, 0.1) is 86.4 Å². The van der Waals surface area contributed by atoms with Gasteiger partial charge >= 0.3 is 23.9 Å². The molecule has 3 saturated heterocycles. The van der Waals surface area contributed by atoms with E-state index >= 15 is 0 Å². The molecule has 0 spiro atoms. The Bertz CT molecular complexity index is 2710. The van der Waals surface area contributed by atoms with Gasteiger partial charge < -0.3 is 42.6 Å². The van der Waals surface area contributed by atoms with Crippen LogP contribution in [0, 0.1) is 31.6 Å². The maximum absolute atomic E-state index is 14.3. The van der Waals surface area contributed by atoms with E-state index in [2.05, 4.69) is 13.2 Å². The molecule has 6 rings (SSSR count). The Labute approximate surface area is 447 Å². The molecule has 0 bridgehead atoms. The summed E-state index contributed by atoms with van der Waals surface area (Å²) in [6.07, 6.45) is -3.43. The molecule has 0 radical (unpaired) electrons. The zero-order valence-electron chi connectivity index (χ0n) is 44.2. The second-order valence-electron chi connectivity index (χ2n) is 20.7. The van der Waals surface area contributed by atoms with Gasteiger partial charge in [-0.1, -0.05) is 31.4 Å². The number of non-ortho nitro benzene ring substituents is 2. The second-order valence-corrected chi connectivity index (χ2v) is 22.7. The first-order valence-corrected chi connectivity index (χ1v) is 27.0. The SMILES string of the molecule is C=C1C[C@H](CCCOC(=O)C(C)(C)C)O[C@H]1CC[C@H]1C[C@@](C)(OC(=O)COC)C(=C)[C@@H](C[C@@H]2O[C@H](C[C@@H](COC(=O)c3ccc([N+](=O)[O-])cc3)OC(=O)c3ccc([N+](=O)[O-])cc3)[C@H](OC)[C@H]2CS(=O)(=O)c2ccccc2)O1. The van der Waals surface area contributed by atoms with Crippen LogP contribution >= 0.6 is 0 Å². The lowest BCUT2D eigenvalue weighted by Gasteiger charge is -2.45. The van der Waals surface area contributed by atoms with E-state index in [1.807, 2.05) is 0 Å². The van der Waals surface area contributed by atoms with Crippen molar-refractivity contribution in [2.45, 2.75) is 138 Å². The van der Waals surface area contributed by atoms with Crippen LogP contribution in [-0.2, 0) is 62.1 Å². The van der Waals surface area contributed by atoms with E-state index in [1.165, 1.54) is 50.6 Å². The summed E-state index contributed by atoms with van der Waals surface area (Å²) < 4.78 is 82.8. The number of sulfone groups is 1. The summed E-state index contributed by atoms with van der Waals surface area (Å²) in [6.45, 7) is 15.1. The molecule has 10 atom stereocenters. The fourth-order valence-electron chi connectivity index (χ4n) is 9.76. The molecule has 3 aliphatic heterocycles. The van der Waals surface area contributed by atoms with Crippen LogP contribution < -0.4 is 0 Å². The maximum atomic E-state index is 14.3. The summed E-state index contributed by atoms with van der Waals surface area (Å²) in [5.74, 6) is -4.18. The fraction of sp³-hybridized carbons (Fsp3) is 0.527. The van der Waals surface area contributed by atoms with Crippen LogP contribution in [0.3, 0.4) is 0 Å². The number of nitrogens with zero attached hydrogens (tertiary/aromatic N) is 2. The minimum Gasteiger partial charge on any atom is -0.465 e. The number of nitro benzene ring substituents is 2. The summed E-state index contributed by atoms with van der Waals surface area (Å²) in [6, 6.07) is 17.1. The third kappa shape index (κ3) is 16.1. The van der Waals surface area contributed by atoms with E-state index in [0.29, 0.717) is 37.7 Å². The zero-order valence-corrected chi connectivity index (χ0v) is 45.0. The monoisotopic (exact) mass is 1090 g/mol. The highest BCUT2D eigenvalue weighted by Gasteiger charge is 2.52. The first kappa shape index (κ1) is 59.8. The molecule has 0 unspecified atom stereocenters. The molecule has 0 saturated carbocycles. The molecule has 0 aromatic heterocycles. The lowest BCUT2D eigenvalue weighted by Crippen LogP contribution is -2.50. The molecule has 0 amide bonds. The minimum absolute atomic E-state index is 0.0189. The van der Waals surface area contributed by atoms with Gasteiger partial charge in [0.15, 0.2) is 9.84 Å². The molecule has 3 aromatic rings. The van der Waals surface area contributed by atoms with Crippen molar-refractivity contribution in [2.75, 3.05) is 39.8 Å². The Morgan fingerprint density at radius 1 is 0.792 bits per heavy atom. The number of benzene rings is 3. The lowest BCUT2D eigenvalue weighted by molar-refractivity contribution is -0.385. The van der Waals surface area contributed by atoms with Crippen LogP contribution in [0.1, 0.15) is 99.8 Å². The van der Waals surface area contributed by atoms with Gasteiger partial charge in [0.1, 0.15) is 24.9 Å². The summed E-state index contributed by atoms with van der Waals surface area (Å²) in [5.41, 5.74) is -1.28. The highest BCUT2D eigenvalue weighted by Crippen LogP contribution is 2.44. The average molecular weight is 1090 g/mol. The van der Waals surface area contributed by atoms with Crippen molar-refractivity contribution in [2.24, 2.45) is 11.3 Å². The van der Waals surface area contributed by atoms with Crippen LogP contribution in [0.4, 0.5) is 11.4 Å². The van der Waals surface area contributed by atoms with Crippen LogP contribution in [0.5, 0.6) is 0 Å². The van der Waals surface area contributed by atoms with Crippen LogP contribution in [-0.4, -0.2) is 136 Å². The lowest BCUT2D eigenvalue weighted by atomic mass is 9.80. The summed E-state index contributed by atoms with van der Waals surface area (Å²) in [7, 11) is -1.31. The van der Waals surface area contributed by atoms with Gasteiger partial charge in [-0.15, -0.1) is 0 Å². The fourth-order valence-corrected chi connectivity index (χ4v) is 11.4. The zero-order chi connectivity index (χ0) is 56.2. The van der Waals surface area contributed by atoms with Crippen molar-refractivity contribution in [3.63, 3.8) is 0 Å². The Morgan fingerprint density at radius 2 is 1.40 bits per heavy atom. The number of esters is 4. The minimum atomic E-state index is -4.05. The number of carbonyl (C=O) groups is 4. The predicted octanol–water partition coefficient (Wildman–Crippen LogP) is 8.06. The molecule has 3 heterocycles. The van der Waals surface area contributed by atoms with Gasteiger partial charge in [0.25, 0.3) is 11.4 Å².